The van der Waals surface area contributed by atoms with Gasteiger partial charge in [-0.1, -0.05) is 29.8 Å². The van der Waals surface area contributed by atoms with E-state index in [1.165, 1.54) is 6.26 Å². The number of hydrogen-bond donors (Lipinski definition) is 1. The van der Waals surface area contributed by atoms with Crippen molar-refractivity contribution in [2.24, 2.45) is 0 Å². The minimum absolute atomic E-state index is 0.0338. The molecule has 0 aliphatic carbocycles. The van der Waals surface area contributed by atoms with Crippen LogP contribution in [0.1, 0.15) is 18.4 Å². The van der Waals surface area contributed by atoms with Gasteiger partial charge in [0.25, 0.3) is 0 Å². The third kappa shape index (κ3) is 4.41. The van der Waals surface area contributed by atoms with E-state index in [1.54, 1.807) is 0 Å². The molecule has 0 bridgehead atoms. The van der Waals surface area contributed by atoms with Crippen LogP contribution in [-0.2, 0) is 16.6 Å². The maximum atomic E-state index is 11.3. The highest BCUT2D eigenvalue weighted by Gasteiger charge is 2.22. The van der Waals surface area contributed by atoms with E-state index in [4.69, 9.17) is 11.6 Å². The van der Waals surface area contributed by atoms with E-state index in [0.717, 1.165) is 48.9 Å². The third-order valence-electron chi connectivity index (χ3n) is 4.11. The van der Waals surface area contributed by atoms with Gasteiger partial charge in [-0.2, -0.15) is 0 Å². The molecule has 1 aromatic heterocycles. The van der Waals surface area contributed by atoms with Crippen molar-refractivity contribution in [2.45, 2.75) is 25.4 Å². The Balaban J connectivity index is 1.66. The van der Waals surface area contributed by atoms with Crippen molar-refractivity contribution in [2.75, 3.05) is 19.3 Å². The van der Waals surface area contributed by atoms with Gasteiger partial charge in [-0.15, -0.1) is 0 Å². The van der Waals surface area contributed by atoms with Crippen LogP contribution in [0.15, 0.2) is 30.3 Å². The number of sulfonamides is 1. The molecule has 1 aliphatic heterocycles. The van der Waals surface area contributed by atoms with Crippen LogP contribution in [-0.4, -0.2) is 43.7 Å². The van der Waals surface area contributed by atoms with Crippen LogP contribution < -0.4 is 4.72 Å². The molecule has 1 aromatic carbocycles. The van der Waals surface area contributed by atoms with E-state index in [9.17, 15) is 8.42 Å². The number of fused-ring (bicyclic) bond motifs is 1. The largest absolute Gasteiger partial charge is 0.299 e. The lowest BCUT2D eigenvalue weighted by atomic mass is 10.1. The molecule has 0 radical (unpaired) electrons. The molecule has 2 aromatic rings. The number of nitrogens with one attached hydrogen (secondary N) is 1. The van der Waals surface area contributed by atoms with Crippen molar-refractivity contribution in [3.63, 3.8) is 0 Å². The van der Waals surface area contributed by atoms with Crippen molar-refractivity contribution in [3.8, 4) is 0 Å². The van der Waals surface area contributed by atoms with E-state index in [2.05, 4.69) is 20.7 Å². The van der Waals surface area contributed by atoms with Crippen LogP contribution in [0, 0.1) is 0 Å². The summed E-state index contributed by atoms with van der Waals surface area (Å²) in [5.41, 5.74) is 1.91. The van der Waals surface area contributed by atoms with Crippen LogP contribution in [0.3, 0.4) is 0 Å². The molecule has 0 unspecified atom stereocenters. The zero-order chi connectivity index (χ0) is 16.4. The Labute approximate surface area is 141 Å². The molecule has 1 saturated heterocycles. The highest BCUT2D eigenvalue weighted by Crippen LogP contribution is 2.23. The number of aromatic nitrogens is 1. The molecule has 1 fully saturated rings. The van der Waals surface area contributed by atoms with Gasteiger partial charge in [0.2, 0.25) is 10.0 Å². The normalized spacial score (nSPS) is 17.7. The van der Waals surface area contributed by atoms with Gasteiger partial charge >= 0.3 is 0 Å². The number of para-hydroxylation sites is 1. The fourth-order valence-corrected chi connectivity index (χ4v) is 4.05. The second kappa shape index (κ2) is 6.73. The number of rotatable bonds is 4. The van der Waals surface area contributed by atoms with Gasteiger partial charge in [-0.05, 0) is 25.0 Å². The summed E-state index contributed by atoms with van der Waals surface area (Å²) in [5, 5.41) is 1.63. The van der Waals surface area contributed by atoms with E-state index in [1.807, 2.05) is 24.3 Å². The number of benzene rings is 1. The van der Waals surface area contributed by atoms with Gasteiger partial charge in [-0.3, -0.25) is 4.90 Å². The second-order valence-corrected chi connectivity index (χ2v) is 8.21. The number of likely N-dealkylation sites (tertiary alicyclic amines) is 1. The summed E-state index contributed by atoms with van der Waals surface area (Å²) in [6, 6.07) is 10.0. The number of pyridine rings is 1. The molecule has 7 heteroatoms. The molecule has 5 nitrogen and oxygen atoms in total. The molecule has 1 aliphatic rings. The lowest BCUT2D eigenvalue weighted by Gasteiger charge is -2.32. The van der Waals surface area contributed by atoms with Crippen LogP contribution in [0.4, 0.5) is 0 Å². The summed E-state index contributed by atoms with van der Waals surface area (Å²) >= 11 is 6.31. The maximum absolute atomic E-state index is 11.3. The van der Waals surface area contributed by atoms with Crippen molar-refractivity contribution < 1.29 is 8.42 Å². The number of hydrogen-bond acceptors (Lipinski definition) is 4. The molecule has 124 valence electrons. The van der Waals surface area contributed by atoms with Crippen molar-refractivity contribution in [1.29, 1.82) is 0 Å². The summed E-state index contributed by atoms with van der Waals surface area (Å²) in [6.45, 7) is 2.43. The van der Waals surface area contributed by atoms with Gasteiger partial charge in [0.05, 0.1) is 11.8 Å². The molecule has 23 heavy (non-hydrogen) atoms. The fourth-order valence-electron chi connectivity index (χ4n) is 3.00. The fraction of sp³-hybridized carbons (Fsp3) is 0.438. The quantitative estimate of drug-likeness (QED) is 0.857. The van der Waals surface area contributed by atoms with Crippen molar-refractivity contribution >= 4 is 32.5 Å². The van der Waals surface area contributed by atoms with E-state index in [-0.39, 0.29) is 6.04 Å². The van der Waals surface area contributed by atoms with E-state index >= 15 is 0 Å². The molecule has 0 saturated carbocycles. The summed E-state index contributed by atoms with van der Waals surface area (Å²) in [5.74, 6) is 0. The monoisotopic (exact) mass is 353 g/mol. The Bertz CT molecular complexity index is 802. The predicted octanol–water partition coefficient (Wildman–Crippen LogP) is 2.40. The number of halogens is 1. The topological polar surface area (TPSA) is 62.3 Å². The zero-order valence-corrected chi connectivity index (χ0v) is 14.6. The zero-order valence-electron chi connectivity index (χ0n) is 13.0. The molecule has 0 amide bonds. The lowest BCUT2D eigenvalue weighted by molar-refractivity contribution is 0.200. The number of piperidine rings is 1. The van der Waals surface area contributed by atoms with Crippen molar-refractivity contribution in [1.82, 2.24) is 14.6 Å². The Morgan fingerprint density at radius 2 is 2.00 bits per heavy atom. The maximum Gasteiger partial charge on any atom is 0.208 e. The molecule has 3 rings (SSSR count). The van der Waals surface area contributed by atoms with Gasteiger partial charge < -0.3 is 0 Å². The molecule has 0 atom stereocenters. The average Bonchev–Trinajstić information content (AvgIpc) is 2.48. The molecule has 0 spiro atoms. The highest BCUT2D eigenvalue weighted by atomic mass is 35.5. The summed E-state index contributed by atoms with van der Waals surface area (Å²) < 4.78 is 25.3. The van der Waals surface area contributed by atoms with Crippen LogP contribution >= 0.6 is 11.6 Å². The SMILES string of the molecule is CS(=O)(=O)NC1CCN(Cc2cc3ccccc3nc2Cl)CC1. The first-order valence-corrected chi connectivity index (χ1v) is 9.91. The predicted molar refractivity (Wildman–Crippen MR) is 93.0 cm³/mol. The van der Waals surface area contributed by atoms with Crippen LogP contribution in [0.2, 0.25) is 5.15 Å². The molecule has 2 heterocycles. The Kier molecular flexibility index (Phi) is 4.87. The Morgan fingerprint density at radius 3 is 2.70 bits per heavy atom. The Morgan fingerprint density at radius 1 is 1.30 bits per heavy atom. The first-order chi connectivity index (χ1) is 10.9. The first-order valence-electron chi connectivity index (χ1n) is 7.64. The average molecular weight is 354 g/mol. The van der Waals surface area contributed by atoms with E-state index < -0.39 is 10.0 Å². The molecular formula is C16H20ClN3O2S. The third-order valence-corrected chi connectivity index (χ3v) is 5.20. The standard InChI is InChI=1S/C16H20ClN3O2S/c1-23(21,22)19-14-6-8-20(9-7-14)11-13-10-12-4-2-3-5-15(12)18-16(13)17/h2-5,10,14,19H,6-9,11H2,1H3. The van der Waals surface area contributed by atoms with Gasteiger partial charge in [0, 0.05) is 36.6 Å². The minimum Gasteiger partial charge on any atom is -0.299 e. The van der Waals surface area contributed by atoms with Crippen molar-refractivity contribution in [3.05, 3.63) is 41.0 Å². The highest BCUT2D eigenvalue weighted by molar-refractivity contribution is 7.88. The van der Waals surface area contributed by atoms with Gasteiger partial charge in [0.1, 0.15) is 5.15 Å². The van der Waals surface area contributed by atoms with Crippen LogP contribution in [0.5, 0.6) is 0 Å². The van der Waals surface area contributed by atoms with Gasteiger partial charge in [-0.25, -0.2) is 18.1 Å². The lowest BCUT2D eigenvalue weighted by Crippen LogP contribution is -2.44. The minimum atomic E-state index is -3.13. The van der Waals surface area contributed by atoms with Gasteiger partial charge in [0.15, 0.2) is 0 Å². The molecule has 1 N–H and O–H groups in total. The first kappa shape index (κ1) is 16.6. The van der Waals surface area contributed by atoms with E-state index in [0.29, 0.717) is 5.15 Å². The van der Waals surface area contributed by atoms with Crippen LogP contribution in [0.25, 0.3) is 10.9 Å². The summed E-state index contributed by atoms with van der Waals surface area (Å²) in [4.78, 5) is 6.74. The smallest absolute Gasteiger partial charge is 0.208 e. The summed E-state index contributed by atoms with van der Waals surface area (Å²) in [7, 11) is -3.13. The second-order valence-electron chi connectivity index (χ2n) is 6.07. The Hall–Kier alpha value is -1.21. The number of nitrogens with zero attached hydrogens (tertiary/aromatic N) is 2. The molecular weight excluding hydrogens is 334 g/mol. The summed E-state index contributed by atoms with van der Waals surface area (Å²) in [6.07, 6.45) is 2.83.